The molecule has 1 aromatic heterocycles. The highest BCUT2D eigenvalue weighted by molar-refractivity contribution is 6.29. The monoisotopic (exact) mass is 192 g/mol. The van der Waals surface area contributed by atoms with Gasteiger partial charge in [-0.25, -0.2) is 9.97 Å². The van der Waals surface area contributed by atoms with Gasteiger partial charge in [0.15, 0.2) is 11.5 Å². The predicted molar refractivity (Wildman–Crippen MR) is 48.6 cm³/mol. The predicted octanol–water partition coefficient (Wildman–Crippen LogP) is 0.977. The van der Waals surface area contributed by atoms with E-state index in [4.69, 9.17) is 22.6 Å². The van der Waals surface area contributed by atoms with Crippen LogP contribution in [0.15, 0.2) is 6.20 Å². The first-order valence-electron chi connectivity index (χ1n) is 3.38. The third-order valence-electron chi connectivity index (χ3n) is 1.15. The van der Waals surface area contributed by atoms with Crippen molar-refractivity contribution >= 4 is 17.4 Å². The average Bonchev–Trinajstić information content (AvgIpc) is 2.11. The smallest absolute Gasteiger partial charge is 0.158 e. The molecule has 0 unspecified atom stereocenters. The minimum absolute atomic E-state index is 0.133. The minimum atomic E-state index is 0.133. The van der Waals surface area contributed by atoms with E-state index in [0.29, 0.717) is 5.69 Å². The van der Waals surface area contributed by atoms with Crippen molar-refractivity contribution in [2.75, 3.05) is 5.73 Å². The van der Waals surface area contributed by atoms with Gasteiger partial charge in [0.05, 0.1) is 18.7 Å². The van der Waals surface area contributed by atoms with Crippen molar-refractivity contribution < 1.29 is 0 Å². The Balaban J connectivity index is 2.97. The highest BCUT2D eigenvalue weighted by atomic mass is 35.5. The van der Waals surface area contributed by atoms with E-state index in [1.807, 2.05) is 6.07 Å². The summed E-state index contributed by atoms with van der Waals surface area (Å²) in [6.07, 6.45) is 1.47. The van der Waals surface area contributed by atoms with E-state index < -0.39 is 0 Å². The lowest BCUT2D eigenvalue weighted by Crippen LogP contribution is -1.97. The highest BCUT2D eigenvalue weighted by Crippen LogP contribution is 2.07. The number of nitrogens with two attached hydrogens (primary N) is 1. The van der Waals surface area contributed by atoms with Crippen LogP contribution in [0.5, 0.6) is 0 Å². The van der Waals surface area contributed by atoms with Crippen molar-refractivity contribution in [3.63, 3.8) is 0 Å². The van der Waals surface area contributed by atoms with Crippen LogP contribution in [0.1, 0.15) is 12.1 Å². The van der Waals surface area contributed by atoms with Crippen LogP contribution in [0, 0.1) is 23.2 Å². The second-order valence-corrected chi connectivity index (χ2v) is 2.45. The Morgan fingerprint density at radius 2 is 2.38 bits per heavy atom. The van der Waals surface area contributed by atoms with Gasteiger partial charge >= 0.3 is 0 Å². The van der Waals surface area contributed by atoms with Crippen LogP contribution in [0.3, 0.4) is 0 Å². The summed E-state index contributed by atoms with van der Waals surface area (Å²) in [7, 11) is 0. The summed E-state index contributed by atoms with van der Waals surface area (Å²) >= 11 is 5.57. The van der Waals surface area contributed by atoms with E-state index in [1.54, 1.807) is 0 Å². The molecule has 2 N–H and O–H groups in total. The number of nitriles is 1. The lowest BCUT2D eigenvalue weighted by molar-refractivity contribution is 1.18. The maximum Gasteiger partial charge on any atom is 0.158 e. The van der Waals surface area contributed by atoms with Crippen LogP contribution in [0.25, 0.3) is 0 Å². The summed E-state index contributed by atoms with van der Waals surface area (Å²) in [5.74, 6) is 5.38. The number of aromatic nitrogens is 2. The summed E-state index contributed by atoms with van der Waals surface area (Å²) in [6, 6.07) is 1.88. The molecule has 0 aliphatic carbocycles. The normalized spacial score (nSPS) is 8.31. The van der Waals surface area contributed by atoms with Crippen LogP contribution in [-0.2, 0) is 0 Å². The third-order valence-corrected chi connectivity index (χ3v) is 1.33. The number of hydrogen-bond donors (Lipinski definition) is 1. The van der Waals surface area contributed by atoms with E-state index >= 15 is 0 Å². The first kappa shape index (κ1) is 9.31. The molecule has 1 rings (SSSR count). The summed E-state index contributed by atoms with van der Waals surface area (Å²) < 4.78 is 0. The van der Waals surface area contributed by atoms with E-state index in [2.05, 4.69) is 21.8 Å². The van der Waals surface area contributed by atoms with Gasteiger partial charge in [0.2, 0.25) is 0 Å². The quantitative estimate of drug-likeness (QED) is 0.622. The Hall–Kier alpha value is -1.78. The fraction of sp³-hybridized carbons (Fsp3) is 0.125. The van der Waals surface area contributed by atoms with Crippen LogP contribution >= 0.6 is 11.6 Å². The second-order valence-electron chi connectivity index (χ2n) is 2.06. The van der Waals surface area contributed by atoms with Gasteiger partial charge in [-0.3, -0.25) is 0 Å². The fourth-order valence-electron chi connectivity index (χ4n) is 0.636. The highest BCUT2D eigenvalue weighted by Gasteiger charge is 1.98. The molecule has 13 heavy (non-hydrogen) atoms. The van der Waals surface area contributed by atoms with E-state index in [-0.39, 0.29) is 17.4 Å². The molecule has 4 nitrogen and oxygen atoms in total. The van der Waals surface area contributed by atoms with Crippen molar-refractivity contribution in [3.8, 4) is 17.9 Å². The van der Waals surface area contributed by atoms with E-state index in [9.17, 15) is 0 Å². The molecule has 1 aromatic rings. The van der Waals surface area contributed by atoms with Crippen molar-refractivity contribution in [1.82, 2.24) is 9.97 Å². The van der Waals surface area contributed by atoms with Crippen LogP contribution in [-0.4, -0.2) is 9.97 Å². The molecular weight excluding hydrogens is 188 g/mol. The lowest BCUT2D eigenvalue weighted by atomic mass is 10.4. The third kappa shape index (κ3) is 2.62. The van der Waals surface area contributed by atoms with E-state index in [0.717, 1.165) is 0 Å². The zero-order valence-corrected chi connectivity index (χ0v) is 7.34. The van der Waals surface area contributed by atoms with E-state index in [1.165, 1.54) is 6.20 Å². The molecule has 0 aliphatic heterocycles. The lowest BCUT2D eigenvalue weighted by Gasteiger charge is -1.94. The molecule has 0 saturated heterocycles. The Morgan fingerprint density at radius 3 is 3.08 bits per heavy atom. The molecular formula is C8H5ClN4. The van der Waals surface area contributed by atoms with Gasteiger partial charge in [-0.2, -0.15) is 5.26 Å². The zero-order valence-electron chi connectivity index (χ0n) is 6.58. The number of rotatable bonds is 0. The molecule has 0 spiro atoms. The molecule has 0 aromatic carbocycles. The van der Waals surface area contributed by atoms with Gasteiger partial charge in [0.25, 0.3) is 0 Å². The summed E-state index contributed by atoms with van der Waals surface area (Å²) in [5.41, 5.74) is 5.76. The molecule has 0 fully saturated rings. The molecule has 1 heterocycles. The minimum Gasteiger partial charge on any atom is -0.381 e. The van der Waals surface area contributed by atoms with Gasteiger partial charge in [0.1, 0.15) is 5.15 Å². The van der Waals surface area contributed by atoms with Crippen LogP contribution in [0.4, 0.5) is 5.82 Å². The molecule has 0 radical (unpaired) electrons. The maximum atomic E-state index is 8.22. The SMILES string of the molecule is N#CCC#Cc1nc(Cl)cnc1N. The Bertz CT molecular complexity index is 410. The maximum absolute atomic E-state index is 8.22. The van der Waals surface area contributed by atoms with Gasteiger partial charge in [-0.15, -0.1) is 0 Å². The van der Waals surface area contributed by atoms with Crippen LogP contribution < -0.4 is 5.73 Å². The average molecular weight is 193 g/mol. The van der Waals surface area contributed by atoms with Gasteiger partial charge < -0.3 is 5.73 Å². The Kier molecular flexibility index (Phi) is 3.08. The van der Waals surface area contributed by atoms with Gasteiger partial charge in [0, 0.05) is 0 Å². The number of nitrogens with zero attached hydrogens (tertiary/aromatic N) is 3. The first-order chi connectivity index (χ1) is 6.24. The molecule has 0 aliphatic rings. The molecule has 0 saturated carbocycles. The first-order valence-corrected chi connectivity index (χ1v) is 3.75. The number of halogens is 1. The van der Waals surface area contributed by atoms with Gasteiger partial charge in [-0.1, -0.05) is 17.5 Å². The Morgan fingerprint density at radius 1 is 1.62 bits per heavy atom. The van der Waals surface area contributed by atoms with Crippen molar-refractivity contribution in [1.29, 1.82) is 5.26 Å². The molecule has 0 amide bonds. The number of hydrogen-bond acceptors (Lipinski definition) is 4. The number of nitrogen functional groups attached to an aromatic ring is 1. The molecule has 0 atom stereocenters. The molecule has 0 bridgehead atoms. The molecule has 64 valence electrons. The second kappa shape index (κ2) is 4.30. The summed E-state index contributed by atoms with van der Waals surface area (Å²) in [4.78, 5) is 7.59. The largest absolute Gasteiger partial charge is 0.381 e. The fourth-order valence-corrected chi connectivity index (χ4v) is 0.770. The number of anilines is 1. The van der Waals surface area contributed by atoms with Crippen LogP contribution in [0.2, 0.25) is 5.15 Å². The van der Waals surface area contributed by atoms with Crippen molar-refractivity contribution in [2.45, 2.75) is 6.42 Å². The van der Waals surface area contributed by atoms with Crippen molar-refractivity contribution in [2.24, 2.45) is 0 Å². The van der Waals surface area contributed by atoms with Gasteiger partial charge in [-0.05, 0) is 5.92 Å². The topological polar surface area (TPSA) is 75.6 Å². The summed E-state index contributed by atoms with van der Waals surface area (Å²) in [5, 5.41) is 8.45. The standard InChI is InChI=1S/C8H5ClN4/c9-7-5-12-8(11)6(13-7)3-1-2-4-10/h5H,2H2,(H2,11,12). The Labute approximate surface area is 80.4 Å². The summed E-state index contributed by atoms with van der Waals surface area (Å²) in [6.45, 7) is 0. The molecule has 5 heteroatoms. The van der Waals surface area contributed by atoms with Crippen molar-refractivity contribution in [3.05, 3.63) is 17.0 Å². The zero-order chi connectivity index (χ0) is 9.68.